The van der Waals surface area contributed by atoms with Crippen molar-refractivity contribution >= 4 is 0 Å². The molecule has 0 aliphatic carbocycles. The van der Waals surface area contributed by atoms with Gasteiger partial charge in [-0.2, -0.15) is 0 Å². The highest BCUT2D eigenvalue weighted by atomic mass is 15.7. The molecule has 0 bridgehead atoms. The second kappa shape index (κ2) is 4.57. The first kappa shape index (κ1) is 10.4. The standard InChI is InChI=1S/C10H22N4/c1-11-6-8-13(9-7-11)14-5-3-4-12(2)10-14/h3-10H2,1-2H3. The fourth-order valence-corrected chi connectivity index (χ4v) is 2.25. The minimum atomic E-state index is 1.11. The summed E-state index contributed by atoms with van der Waals surface area (Å²) in [7, 11) is 4.42. The molecule has 4 heteroatoms. The fraction of sp³-hybridized carbons (Fsp3) is 1.00. The molecule has 0 saturated carbocycles. The lowest BCUT2D eigenvalue weighted by atomic mass is 10.3. The topological polar surface area (TPSA) is 13.0 Å². The van der Waals surface area contributed by atoms with Gasteiger partial charge in [0.2, 0.25) is 0 Å². The zero-order valence-electron chi connectivity index (χ0n) is 9.45. The summed E-state index contributed by atoms with van der Waals surface area (Å²) in [5.41, 5.74) is 0. The lowest BCUT2D eigenvalue weighted by Gasteiger charge is -2.44. The third-order valence-electron chi connectivity index (χ3n) is 3.24. The van der Waals surface area contributed by atoms with Crippen LogP contribution in [-0.4, -0.2) is 79.9 Å². The van der Waals surface area contributed by atoms with Gasteiger partial charge < -0.3 is 4.90 Å². The van der Waals surface area contributed by atoms with Crippen LogP contribution in [0.25, 0.3) is 0 Å². The van der Waals surface area contributed by atoms with E-state index in [0.717, 1.165) is 6.67 Å². The average molecular weight is 198 g/mol. The molecule has 2 saturated heterocycles. The first-order chi connectivity index (χ1) is 6.75. The van der Waals surface area contributed by atoms with Crippen LogP contribution in [0.5, 0.6) is 0 Å². The molecule has 0 atom stereocenters. The molecule has 14 heavy (non-hydrogen) atoms. The molecule has 0 spiro atoms. The molecule has 0 amide bonds. The van der Waals surface area contributed by atoms with Crippen molar-refractivity contribution in [3.8, 4) is 0 Å². The summed E-state index contributed by atoms with van der Waals surface area (Å²) in [5.74, 6) is 0. The van der Waals surface area contributed by atoms with Gasteiger partial charge in [0.25, 0.3) is 0 Å². The van der Waals surface area contributed by atoms with Gasteiger partial charge in [-0.15, -0.1) is 0 Å². The van der Waals surface area contributed by atoms with E-state index in [-0.39, 0.29) is 0 Å². The van der Waals surface area contributed by atoms with Gasteiger partial charge >= 0.3 is 0 Å². The Morgan fingerprint density at radius 1 is 0.643 bits per heavy atom. The largest absolute Gasteiger partial charge is 0.304 e. The lowest BCUT2D eigenvalue weighted by Crippen LogP contribution is -2.57. The highest BCUT2D eigenvalue weighted by molar-refractivity contribution is 4.71. The van der Waals surface area contributed by atoms with E-state index in [1.165, 1.54) is 45.7 Å². The number of piperazine rings is 1. The number of nitrogens with zero attached hydrogens (tertiary/aromatic N) is 4. The molecule has 0 unspecified atom stereocenters. The van der Waals surface area contributed by atoms with Gasteiger partial charge in [-0.25, -0.2) is 10.0 Å². The summed E-state index contributed by atoms with van der Waals surface area (Å²) in [6, 6.07) is 0. The second-order valence-electron chi connectivity index (χ2n) is 4.56. The maximum atomic E-state index is 2.52. The predicted molar refractivity (Wildman–Crippen MR) is 57.9 cm³/mol. The van der Waals surface area contributed by atoms with E-state index in [2.05, 4.69) is 33.9 Å². The van der Waals surface area contributed by atoms with Crippen molar-refractivity contribution < 1.29 is 0 Å². The zero-order chi connectivity index (χ0) is 9.97. The Morgan fingerprint density at radius 2 is 1.36 bits per heavy atom. The Hall–Kier alpha value is -0.160. The van der Waals surface area contributed by atoms with Crippen LogP contribution in [0.4, 0.5) is 0 Å². The quantitative estimate of drug-likeness (QED) is 0.576. The Bertz CT molecular complexity index is 177. The minimum Gasteiger partial charge on any atom is -0.304 e. The van der Waals surface area contributed by atoms with Crippen molar-refractivity contribution in [3.05, 3.63) is 0 Å². The van der Waals surface area contributed by atoms with Gasteiger partial charge in [-0.05, 0) is 20.5 Å². The number of likely N-dealkylation sites (N-methyl/N-ethyl adjacent to an activating group) is 1. The molecule has 0 aromatic rings. The maximum absolute atomic E-state index is 2.52. The molecule has 2 aliphatic heterocycles. The molecule has 2 heterocycles. The van der Waals surface area contributed by atoms with Crippen LogP contribution in [-0.2, 0) is 0 Å². The van der Waals surface area contributed by atoms with E-state index >= 15 is 0 Å². The van der Waals surface area contributed by atoms with Crippen LogP contribution < -0.4 is 0 Å². The van der Waals surface area contributed by atoms with Gasteiger partial charge in [0, 0.05) is 39.3 Å². The molecule has 0 aromatic carbocycles. The van der Waals surface area contributed by atoms with Gasteiger partial charge in [-0.1, -0.05) is 0 Å². The van der Waals surface area contributed by atoms with Crippen molar-refractivity contribution in [2.75, 3.05) is 60.0 Å². The van der Waals surface area contributed by atoms with Crippen LogP contribution in [0, 0.1) is 0 Å². The highest BCUT2D eigenvalue weighted by Gasteiger charge is 2.23. The maximum Gasteiger partial charge on any atom is 0.0645 e. The number of rotatable bonds is 1. The summed E-state index contributed by atoms with van der Waals surface area (Å²) in [5, 5.41) is 5.03. The van der Waals surface area contributed by atoms with Crippen molar-refractivity contribution in [1.29, 1.82) is 0 Å². The Balaban J connectivity index is 1.82. The van der Waals surface area contributed by atoms with Crippen LogP contribution in [0.2, 0.25) is 0 Å². The Kier molecular flexibility index (Phi) is 3.38. The third kappa shape index (κ3) is 2.45. The molecule has 4 nitrogen and oxygen atoms in total. The number of hydrogen-bond acceptors (Lipinski definition) is 4. The van der Waals surface area contributed by atoms with Gasteiger partial charge in [0.15, 0.2) is 0 Å². The Morgan fingerprint density at radius 3 is 2.00 bits per heavy atom. The number of hydrogen-bond donors (Lipinski definition) is 0. The Labute approximate surface area is 87.0 Å². The molecule has 2 aliphatic rings. The van der Waals surface area contributed by atoms with E-state index in [4.69, 9.17) is 0 Å². The summed E-state index contributed by atoms with van der Waals surface area (Å²) < 4.78 is 0. The fourth-order valence-electron chi connectivity index (χ4n) is 2.25. The number of hydrazine groups is 1. The molecule has 2 fully saturated rings. The first-order valence-electron chi connectivity index (χ1n) is 5.62. The molecule has 0 aromatic heterocycles. The van der Waals surface area contributed by atoms with Crippen LogP contribution in [0.1, 0.15) is 6.42 Å². The summed E-state index contributed by atoms with van der Waals surface area (Å²) in [6.07, 6.45) is 1.31. The predicted octanol–water partition coefficient (Wildman–Crippen LogP) is -0.256. The third-order valence-corrected chi connectivity index (χ3v) is 3.24. The van der Waals surface area contributed by atoms with Gasteiger partial charge in [0.05, 0.1) is 6.67 Å². The first-order valence-corrected chi connectivity index (χ1v) is 5.62. The summed E-state index contributed by atoms with van der Waals surface area (Å²) in [4.78, 5) is 4.81. The SMILES string of the molecule is CN1CCN(N2CCCN(C)C2)CC1. The van der Waals surface area contributed by atoms with Crippen LogP contribution in [0.15, 0.2) is 0 Å². The van der Waals surface area contributed by atoms with E-state index in [9.17, 15) is 0 Å². The van der Waals surface area contributed by atoms with Gasteiger partial charge in [-0.3, -0.25) is 4.90 Å². The van der Waals surface area contributed by atoms with Crippen molar-refractivity contribution in [3.63, 3.8) is 0 Å². The van der Waals surface area contributed by atoms with Crippen LogP contribution >= 0.6 is 0 Å². The van der Waals surface area contributed by atoms with Crippen molar-refractivity contribution in [1.82, 2.24) is 19.8 Å². The van der Waals surface area contributed by atoms with Crippen LogP contribution in [0.3, 0.4) is 0 Å². The smallest absolute Gasteiger partial charge is 0.0645 e. The van der Waals surface area contributed by atoms with E-state index < -0.39 is 0 Å². The summed E-state index contributed by atoms with van der Waals surface area (Å²) >= 11 is 0. The zero-order valence-corrected chi connectivity index (χ0v) is 9.45. The molecule has 0 N–H and O–H groups in total. The van der Waals surface area contributed by atoms with E-state index in [1.54, 1.807) is 0 Å². The summed E-state index contributed by atoms with van der Waals surface area (Å²) in [6.45, 7) is 8.43. The molecule has 0 radical (unpaired) electrons. The van der Waals surface area contributed by atoms with Gasteiger partial charge in [0.1, 0.15) is 0 Å². The minimum absolute atomic E-state index is 1.11. The van der Waals surface area contributed by atoms with Crippen molar-refractivity contribution in [2.24, 2.45) is 0 Å². The van der Waals surface area contributed by atoms with E-state index in [0.29, 0.717) is 0 Å². The average Bonchev–Trinajstić information content (AvgIpc) is 2.19. The van der Waals surface area contributed by atoms with E-state index in [1.807, 2.05) is 0 Å². The molecular formula is C10H22N4. The molecule has 2 rings (SSSR count). The van der Waals surface area contributed by atoms with Crippen molar-refractivity contribution in [2.45, 2.75) is 6.42 Å². The normalized spacial score (nSPS) is 29.6. The molecular weight excluding hydrogens is 176 g/mol. The second-order valence-corrected chi connectivity index (χ2v) is 4.56. The molecule has 82 valence electrons. The lowest BCUT2D eigenvalue weighted by molar-refractivity contribution is -0.0980. The monoisotopic (exact) mass is 198 g/mol. The highest BCUT2D eigenvalue weighted by Crippen LogP contribution is 2.09.